The van der Waals surface area contributed by atoms with Crippen molar-refractivity contribution in [1.82, 2.24) is 25.0 Å². The highest BCUT2D eigenvalue weighted by Crippen LogP contribution is 2.19. The molecule has 0 spiro atoms. The number of aromatic nitrogens is 4. The maximum absolute atomic E-state index is 11.9. The van der Waals surface area contributed by atoms with Crippen molar-refractivity contribution >= 4 is 39.7 Å². The number of nitrogens with one attached hydrogen (secondary N) is 1. The van der Waals surface area contributed by atoms with Crippen LogP contribution in [0.2, 0.25) is 5.02 Å². The fourth-order valence-corrected chi connectivity index (χ4v) is 2.23. The number of hydrazone groups is 1. The molecule has 2 aromatic heterocycles. The highest BCUT2D eigenvalue weighted by molar-refractivity contribution is 9.10. The first kappa shape index (κ1) is 14.7. The van der Waals surface area contributed by atoms with Crippen molar-refractivity contribution in [3.05, 3.63) is 32.8 Å². The Morgan fingerprint density at radius 3 is 2.70 bits per heavy atom. The first-order valence-electron chi connectivity index (χ1n) is 5.61. The van der Waals surface area contributed by atoms with E-state index in [4.69, 9.17) is 11.6 Å². The fraction of sp³-hybridized carbons (Fsp3) is 0.273. The van der Waals surface area contributed by atoms with Gasteiger partial charge >= 0.3 is 0 Å². The van der Waals surface area contributed by atoms with E-state index in [0.717, 1.165) is 5.69 Å². The first-order valence-corrected chi connectivity index (χ1v) is 6.79. The Hall–Kier alpha value is -1.67. The van der Waals surface area contributed by atoms with Crippen LogP contribution in [0.1, 0.15) is 21.9 Å². The number of hydrogen-bond acceptors (Lipinski definition) is 4. The Morgan fingerprint density at radius 1 is 1.50 bits per heavy atom. The second-order valence-electron chi connectivity index (χ2n) is 4.07. The summed E-state index contributed by atoms with van der Waals surface area (Å²) in [4.78, 5) is 11.9. The average molecular weight is 360 g/mol. The normalized spacial score (nSPS) is 11.2. The number of aryl methyl sites for hydroxylation is 2. The van der Waals surface area contributed by atoms with Crippen LogP contribution in [0.5, 0.6) is 0 Å². The quantitative estimate of drug-likeness (QED) is 0.668. The van der Waals surface area contributed by atoms with Crippen LogP contribution >= 0.6 is 27.5 Å². The molecule has 106 valence electrons. The third-order valence-electron chi connectivity index (χ3n) is 2.77. The smallest absolute Gasteiger partial charge is 0.271 e. The molecule has 0 unspecified atom stereocenters. The SMILES string of the molecule is Cc1c(Br)c(C(=O)NN=Cc2c(Cl)cnn2C)nn1C. The molecule has 1 N–H and O–H groups in total. The van der Waals surface area contributed by atoms with Crippen molar-refractivity contribution in [3.8, 4) is 0 Å². The molecule has 2 heterocycles. The molecule has 20 heavy (non-hydrogen) atoms. The van der Waals surface area contributed by atoms with E-state index < -0.39 is 5.91 Å². The molecule has 0 aromatic carbocycles. The molecule has 0 atom stereocenters. The standard InChI is InChI=1S/C11H12BrClN6O/c1-6-9(12)10(17-18(6)2)11(20)16-14-5-8-7(13)4-15-19(8)3/h4-5H,1-3H3,(H,16,20). The lowest BCUT2D eigenvalue weighted by molar-refractivity contribution is 0.0948. The second kappa shape index (κ2) is 5.76. The maximum atomic E-state index is 11.9. The van der Waals surface area contributed by atoms with Gasteiger partial charge in [0.1, 0.15) is 0 Å². The summed E-state index contributed by atoms with van der Waals surface area (Å²) in [6, 6.07) is 0. The number of rotatable bonds is 3. The fourth-order valence-electron chi connectivity index (χ4n) is 1.50. The minimum Gasteiger partial charge on any atom is -0.271 e. The monoisotopic (exact) mass is 358 g/mol. The molecule has 0 radical (unpaired) electrons. The van der Waals surface area contributed by atoms with Crippen LogP contribution in [0.4, 0.5) is 0 Å². The van der Waals surface area contributed by atoms with Crippen LogP contribution in [-0.2, 0) is 14.1 Å². The lowest BCUT2D eigenvalue weighted by atomic mass is 10.3. The molecule has 7 nitrogen and oxygen atoms in total. The summed E-state index contributed by atoms with van der Waals surface area (Å²) in [5.74, 6) is -0.407. The van der Waals surface area contributed by atoms with Gasteiger partial charge in [0.25, 0.3) is 5.91 Å². The summed E-state index contributed by atoms with van der Waals surface area (Å²) in [7, 11) is 3.49. The highest BCUT2D eigenvalue weighted by Gasteiger charge is 2.17. The number of halogens is 2. The van der Waals surface area contributed by atoms with Gasteiger partial charge in [-0.15, -0.1) is 0 Å². The molecule has 0 aliphatic rings. The van der Waals surface area contributed by atoms with Gasteiger partial charge in [-0.2, -0.15) is 15.3 Å². The van der Waals surface area contributed by atoms with Crippen molar-refractivity contribution in [2.24, 2.45) is 19.2 Å². The van der Waals surface area contributed by atoms with E-state index >= 15 is 0 Å². The summed E-state index contributed by atoms with van der Waals surface area (Å²) >= 11 is 9.24. The predicted molar refractivity (Wildman–Crippen MR) is 78.9 cm³/mol. The van der Waals surface area contributed by atoms with Gasteiger partial charge in [-0.25, -0.2) is 5.43 Å². The Balaban J connectivity index is 2.11. The molecule has 0 saturated carbocycles. The number of carbonyl (C=O) groups excluding carboxylic acids is 1. The van der Waals surface area contributed by atoms with E-state index in [1.807, 2.05) is 6.92 Å². The topological polar surface area (TPSA) is 77.1 Å². The Kier molecular flexibility index (Phi) is 4.24. The summed E-state index contributed by atoms with van der Waals surface area (Å²) in [6.45, 7) is 1.85. The Morgan fingerprint density at radius 2 is 2.20 bits per heavy atom. The minimum absolute atomic E-state index is 0.276. The van der Waals surface area contributed by atoms with E-state index in [1.165, 1.54) is 12.4 Å². The molecule has 1 amide bonds. The Bertz CT molecular complexity index is 670. The number of amides is 1. The van der Waals surface area contributed by atoms with E-state index in [0.29, 0.717) is 15.2 Å². The molecule has 0 aliphatic carbocycles. The average Bonchev–Trinajstić information content (AvgIpc) is 2.86. The van der Waals surface area contributed by atoms with Gasteiger partial charge in [0.15, 0.2) is 5.69 Å². The predicted octanol–water partition coefficient (Wildman–Crippen LogP) is 1.64. The van der Waals surface area contributed by atoms with Gasteiger partial charge in [-0.1, -0.05) is 11.6 Å². The van der Waals surface area contributed by atoms with E-state index in [1.54, 1.807) is 23.5 Å². The molecular weight excluding hydrogens is 348 g/mol. The molecule has 2 aromatic rings. The Labute approximate surface area is 128 Å². The van der Waals surface area contributed by atoms with Crippen LogP contribution in [-0.4, -0.2) is 31.7 Å². The summed E-state index contributed by atoms with van der Waals surface area (Å²) < 4.78 is 3.81. The van der Waals surface area contributed by atoms with Gasteiger partial charge in [0.05, 0.1) is 33.3 Å². The zero-order valence-electron chi connectivity index (χ0n) is 11.1. The van der Waals surface area contributed by atoms with Crippen LogP contribution in [0.3, 0.4) is 0 Å². The van der Waals surface area contributed by atoms with Gasteiger partial charge in [-0.3, -0.25) is 14.2 Å². The number of hydrogen-bond donors (Lipinski definition) is 1. The van der Waals surface area contributed by atoms with Crippen LogP contribution < -0.4 is 5.43 Å². The van der Waals surface area contributed by atoms with Gasteiger partial charge in [0, 0.05) is 14.1 Å². The zero-order chi connectivity index (χ0) is 14.9. The van der Waals surface area contributed by atoms with Crippen molar-refractivity contribution in [2.75, 3.05) is 0 Å². The lowest BCUT2D eigenvalue weighted by Gasteiger charge is -1.97. The molecular formula is C11H12BrClN6O. The summed E-state index contributed by atoms with van der Waals surface area (Å²) in [5.41, 5.74) is 4.13. The molecule has 9 heteroatoms. The molecule has 0 saturated heterocycles. The first-order chi connectivity index (χ1) is 9.41. The van der Waals surface area contributed by atoms with Crippen LogP contribution in [0, 0.1) is 6.92 Å². The van der Waals surface area contributed by atoms with E-state index in [-0.39, 0.29) is 5.69 Å². The van der Waals surface area contributed by atoms with E-state index in [2.05, 4.69) is 36.7 Å². The number of nitrogens with zero attached hydrogens (tertiary/aromatic N) is 5. The molecule has 0 fully saturated rings. The zero-order valence-corrected chi connectivity index (χ0v) is 13.4. The summed E-state index contributed by atoms with van der Waals surface area (Å²) in [6.07, 6.45) is 2.93. The van der Waals surface area contributed by atoms with Crippen molar-refractivity contribution < 1.29 is 4.79 Å². The van der Waals surface area contributed by atoms with Crippen molar-refractivity contribution in [2.45, 2.75) is 6.92 Å². The molecule has 0 bridgehead atoms. The van der Waals surface area contributed by atoms with Crippen molar-refractivity contribution in [3.63, 3.8) is 0 Å². The van der Waals surface area contributed by atoms with Crippen LogP contribution in [0.15, 0.2) is 15.8 Å². The molecule has 0 aliphatic heterocycles. The van der Waals surface area contributed by atoms with Crippen LogP contribution in [0.25, 0.3) is 0 Å². The highest BCUT2D eigenvalue weighted by atomic mass is 79.9. The third kappa shape index (κ3) is 2.75. The number of carbonyl (C=O) groups is 1. The van der Waals surface area contributed by atoms with Crippen molar-refractivity contribution in [1.29, 1.82) is 0 Å². The molecule has 2 rings (SSSR count). The second-order valence-corrected chi connectivity index (χ2v) is 5.27. The van der Waals surface area contributed by atoms with Gasteiger partial charge in [0.2, 0.25) is 0 Å². The summed E-state index contributed by atoms with van der Waals surface area (Å²) in [5, 5.41) is 12.4. The minimum atomic E-state index is -0.407. The lowest BCUT2D eigenvalue weighted by Crippen LogP contribution is -2.19. The van der Waals surface area contributed by atoms with E-state index in [9.17, 15) is 4.79 Å². The largest absolute Gasteiger partial charge is 0.293 e. The van der Waals surface area contributed by atoms with Gasteiger partial charge < -0.3 is 0 Å². The maximum Gasteiger partial charge on any atom is 0.293 e. The van der Waals surface area contributed by atoms with Gasteiger partial charge in [-0.05, 0) is 22.9 Å². The third-order valence-corrected chi connectivity index (χ3v) is 4.01.